The summed E-state index contributed by atoms with van der Waals surface area (Å²) in [6, 6.07) is 19.8. The maximum absolute atomic E-state index is 6.05. The Morgan fingerprint density at radius 3 is 2.65 bits per heavy atom. The van der Waals surface area contributed by atoms with Gasteiger partial charge in [-0.3, -0.25) is 5.01 Å². The molecule has 2 aliphatic heterocycles. The van der Waals surface area contributed by atoms with Gasteiger partial charge in [-0.2, -0.15) is 0 Å². The fourth-order valence-electron chi connectivity index (χ4n) is 4.89. The van der Waals surface area contributed by atoms with E-state index in [1.807, 2.05) is 11.8 Å². The number of benzene rings is 2. The van der Waals surface area contributed by atoms with Crippen molar-refractivity contribution < 1.29 is 0 Å². The number of hydrazine groups is 1. The summed E-state index contributed by atoms with van der Waals surface area (Å²) in [5, 5.41) is 7.81. The molecule has 3 heterocycles. The number of nitrogens with two attached hydrogens (primary N) is 1. The number of para-hydroxylation sites is 1. The second-order valence-electron chi connectivity index (χ2n) is 8.23. The van der Waals surface area contributed by atoms with E-state index in [0.717, 1.165) is 37.7 Å². The summed E-state index contributed by atoms with van der Waals surface area (Å²) in [4.78, 5) is 8.60. The summed E-state index contributed by atoms with van der Waals surface area (Å²) in [6.07, 6.45) is 3.43. The van der Waals surface area contributed by atoms with Crippen LogP contribution < -0.4 is 15.6 Å². The molecule has 0 spiro atoms. The fraction of sp³-hybridized carbons (Fsp3) is 0.375. The number of thioether (sulfide) groups is 1. The van der Waals surface area contributed by atoms with Crippen molar-refractivity contribution in [1.82, 2.24) is 9.99 Å². The summed E-state index contributed by atoms with van der Waals surface area (Å²) in [5.74, 6) is 1.99. The smallest absolute Gasteiger partial charge is 0.182 e. The van der Waals surface area contributed by atoms with Gasteiger partial charge in [0.05, 0.1) is 17.1 Å². The van der Waals surface area contributed by atoms with Crippen LogP contribution in [0.5, 0.6) is 0 Å². The van der Waals surface area contributed by atoms with Crippen LogP contribution in [0.3, 0.4) is 0 Å². The first-order chi connectivity index (χ1) is 15.2. The molecule has 5 nitrogen and oxygen atoms in total. The lowest BCUT2D eigenvalue weighted by atomic mass is 9.81. The zero-order valence-electron chi connectivity index (χ0n) is 17.9. The van der Waals surface area contributed by atoms with E-state index >= 15 is 0 Å². The maximum atomic E-state index is 6.05. The number of nitrogens with zero attached hydrogens (tertiary/aromatic N) is 4. The Hall–Kier alpha value is -2.22. The van der Waals surface area contributed by atoms with Crippen molar-refractivity contribution in [2.75, 3.05) is 41.2 Å². The van der Waals surface area contributed by atoms with Crippen molar-refractivity contribution in [3.05, 3.63) is 65.5 Å². The molecule has 0 amide bonds. The molecule has 0 radical (unpaired) electrons. The minimum Gasteiger partial charge on any atom is -0.375 e. The average Bonchev–Trinajstić information content (AvgIpc) is 3.44. The van der Waals surface area contributed by atoms with Crippen LogP contribution in [0.1, 0.15) is 31.7 Å². The minimum atomic E-state index is -0.141. The predicted molar refractivity (Wildman–Crippen MR) is 133 cm³/mol. The van der Waals surface area contributed by atoms with E-state index in [9.17, 15) is 0 Å². The van der Waals surface area contributed by atoms with Gasteiger partial charge >= 0.3 is 0 Å². The molecule has 1 aromatic heterocycles. The zero-order valence-corrected chi connectivity index (χ0v) is 19.5. The number of thiazole rings is 1. The van der Waals surface area contributed by atoms with Crippen molar-refractivity contribution in [2.45, 2.75) is 36.6 Å². The molecule has 7 heteroatoms. The number of fused-ring (bicyclic) bond motifs is 1. The third kappa shape index (κ3) is 3.79. The molecule has 1 fully saturated rings. The lowest BCUT2D eigenvalue weighted by Gasteiger charge is -2.53. The molecule has 2 N–H and O–H groups in total. The normalized spacial score (nSPS) is 21.5. The molecular formula is C24H29N5S2. The Morgan fingerprint density at radius 1 is 1.06 bits per heavy atom. The number of nitrogen functional groups attached to an aromatic ring is 1. The zero-order chi connectivity index (χ0) is 21.3. The quantitative estimate of drug-likeness (QED) is 0.540. The fourth-order valence-corrected chi connectivity index (χ4v) is 6.50. The molecule has 3 aromatic rings. The van der Waals surface area contributed by atoms with Gasteiger partial charge in [0.2, 0.25) is 0 Å². The standard InChI is InChI=1S/C24H29N5S2/c1-2-3-13-24(19-9-5-4-6-10-19)17-27(14-15-28(24)22-16-30-23(25)26-22)29-18-31-21-12-8-7-11-20(21)29/h4-12,16H,2-3,13-15,17-18H2,1H3,(H2,25,26). The second kappa shape index (κ2) is 8.73. The van der Waals surface area contributed by atoms with E-state index in [-0.39, 0.29) is 5.54 Å². The van der Waals surface area contributed by atoms with E-state index in [1.165, 1.54) is 40.3 Å². The molecular weight excluding hydrogens is 422 g/mol. The highest BCUT2D eigenvalue weighted by atomic mass is 32.2. The van der Waals surface area contributed by atoms with E-state index in [2.05, 4.69) is 81.8 Å². The Labute approximate surface area is 192 Å². The molecule has 2 aliphatic rings. The van der Waals surface area contributed by atoms with Crippen molar-refractivity contribution >= 4 is 39.7 Å². The highest BCUT2D eigenvalue weighted by Gasteiger charge is 2.45. The van der Waals surface area contributed by atoms with E-state index in [1.54, 1.807) is 0 Å². The van der Waals surface area contributed by atoms with Crippen LogP contribution in [-0.4, -0.2) is 35.5 Å². The Kier molecular flexibility index (Phi) is 5.82. The van der Waals surface area contributed by atoms with Crippen molar-refractivity contribution in [1.29, 1.82) is 0 Å². The summed E-state index contributed by atoms with van der Waals surface area (Å²) >= 11 is 3.46. The average molecular weight is 452 g/mol. The monoisotopic (exact) mass is 451 g/mol. The van der Waals surface area contributed by atoms with Gasteiger partial charge in [-0.15, -0.1) is 23.1 Å². The molecule has 1 unspecified atom stereocenters. The summed E-state index contributed by atoms with van der Waals surface area (Å²) < 4.78 is 0. The number of rotatable bonds is 6. The van der Waals surface area contributed by atoms with Crippen molar-refractivity contribution in [3.8, 4) is 0 Å². The number of unbranched alkanes of at least 4 members (excludes halogenated alkanes) is 1. The second-order valence-corrected chi connectivity index (χ2v) is 10.1. The van der Waals surface area contributed by atoms with Crippen molar-refractivity contribution in [3.63, 3.8) is 0 Å². The molecule has 0 aliphatic carbocycles. The molecule has 1 atom stereocenters. The molecule has 0 bridgehead atoms. The summed E-state index contributed by atoms with van der Waals surface area (Å²) in [7, 11) is 0. The van der Waals surface area contributed by atoms with E-state index in [0.29, 0.717) is 5.13 Å². The van der Waals surface area contributed by atoms with Gasteiger partial charge in [0.15, 0.2) is 5.13 Å². The first-order valence-electron chi connectivity index (χ1n) is 11.0. The van der Waals surface area contributed by atoms with E-state index < -0.39 is 0 Å². The Morgan fingerprint density at radius 2 is 1.87 bits per heavy atom. The van der Waals surface area contributed by atoms with Gasteiger partial charge in [-0.1, -0.05) is 62.2 Å². The highest BCUT2D eigenvalue weighted by molar-refractivity contribution is 7.99. The van der Waals surface area contributed by atoms with E-state index in [4.69, 9.17) is 10.7 Å². The van der Waals surface area contributed by atoms with Crippen LogP contribution in [0.4, 0.5) is 16.6 Å². The maximum Gasteiger partial charge on any atom is 0.182 e. The largest absolute Gasteiger partial charge is 0.375 e. The molecule has 5 rings (SSSR count). The highest BCUT2D eigenvalue weighted by Crippen LogP contribution is 2.44. The number of anilines is 3. The first-order valence-corrected chi connectivity index (χ1v) is 12.9. The van der Waals surface area contributed by atoms with Crippen LogP contribution in [0.25, 0.3) is 0 Å². The summed E-state index contributed by atoms with van der Waals surface area (Å²) in [5.41, 5.74) is 8.60. The number of hydrogen-bond donors (Lipinski definition) is 1. The van der Waals surface area contributed by atoms with Gasteiger partial charge in [0, 0.05) is 29.9 Å². The number of aromatic nitrogens is 1. The molecule has 1 saturated heterocycles. The topological polar surface area (TPSA) is 48.6 Å². The first kappa shape index (κ1) is 20.7. The van der Waals surface area contributed by atoms with Crippen LogP contribution in [0.15, 0.2) is 64.9 Å². The predicted octanol–water partition coefficient (Wildman–Crippen LogP) is 5.42. The van der Waals surface area contributed by atoms with Crippen LogP contribution in [-0.2, 0) is 5.54 Å². The SMILES string of the molecule is CCCCC1(c2ccccc2)CN(N2CSc3ccccc32)CCN1c1csc(N)n1. The van der Waals surface area contributed by atoms with Gasteiger partial charge in [-0.25, -0.2) is 9.99 Å². The Bertz CT molecular complexity index is 1020. The van der Waals surface area contributed by atoms with Gasteiger partial charge < -0.3 is 10.6 Å². The molecule has 162 valence electrons. The third-order valence-corrected chi connectivity index (χ3v) is 8.10. The van der Waals surface area contributed by atoms with Crippen LogP contribution in [0.2, 0.25) is 0 Å². The van der Waals surface area contributed by atoms with Crippen LogP contribution >= 0.6 is 23.1 Å². The summed E-state index contributed by atoms with van der Waals surface area (Å²) in [6.45, 7) is 5.10. The molecule has 2 aromatic carbocycles. The number of hydrogen-bond acceptors (Lipinski definition) is 7. The molecule has 31 heavy (non-hydrogen) atoms. The van der Waals surface area contributed by atoms with Gasteiger partial charge in [0.25, 0.3) is 0 Å². The van der Waals surface area contributed by atoms with Gasteiger partial charge in [-0.05, 0) is 24.1 Å². The number of piperazine rings is 1. The molecule has 0 saturated carbocycles. The lowest BCUT2D eigenvalue weighted by Crippen LogP contribution is -2.64. The van der Waals surface area contributed by atoms with Crippen LogP contribution in [0, 0.1) is 0 Å². The minimum absolute atomic E-state index is 0.141. The third-order valence-electron chi connectivity index (χ3n) is 6.41. The van der Waals surface area contributed by atoms with Crippen molar-refractivity contribution in [2.24, 2.45) is 0 Å². The van der Waals surface area contributed by atoms with Gasteiger partial charge in [0.1, 0.15) is 5.82 Å². The Balaban J connectivity index is 1.56. The lowest BCUT2D eigenvalue weighted by molar-refractivity contribution is 0.143.